The first-order valence-electron chi connectivity index (χ1n) is 6.26. The van der Waals surface area contributed by atoms with Gasteiger partial charge in [0.1, 0.15) is 0 Å². The van der Waals surface area contributed by atoms with E-state index in [-0.39, 0.29) is 0 Å². The van der Waals surface area contributed by atoms with E-state index in [1.165, 1.54) is 37.8 Å². The van der Waals surface area contributed by atoms with Crippen molar-refractivity contribution < 1.29 is 0 Å². The second kappa shape index (κ2) is 4.05. The van der Waals surface area contributed by atoms with E-state index in [9.17, 15) is 0 Å². The van der Waals surface area contributed by atoms with E-state index in [1.54, 1.807) is 0 Å². The third kappa shape index (κ3) is 1.66. The Morgan fingerprint density at radius 3 is 2.81 bits per heavy atom. The van der Waals surface area contributed by atoms with Crippen molar-refractivity contribution in [3.05, 3.63) is 34.9 Å². The summed E-state index contributed by atoms with van der Waals surface area (Å²) in [6, 6.07) is 8.44. The molecule has 1 nitrogen and oxygen atoms in total. The first kappa shape index (κ1) is 10.6. The Hall–Kier alpha value is -0.530. The van der Waals surface area contributed by atoms with Gasteiger partial charge in [-0.25, -0.2) is 0 Å². The highest BCUT2D eigenvalue weighted by molar-refractivity contribution is 6.30. The smallest absolute Gasteiger partial charge is 0.0408 e. The van der Waals surface area contributed by atoms with Gasteiger partial charge in [0.25, 0.3) is 0 Å². The van der Waals surface area contributed by atoms with Gasteiger partial charge in [-0.2, -0.15) is 0 Å². The van der Waals surface area contributed by atoms with Gasteiger partial charge < -0.3 is 5.32 Å². The molecule has 1 atom stereocenters. The molecule has 0 bridgehead atoms. The van der Waals surface area contributed by atoms with Crippen LogP contribution in [0.3, 0.4) is 0 Å². The van der Waals surface area contributed by atoms with Gasteiger partial charge in [-0.3, -0.25) is 0 Å². The Morgan fingerprint density at radius 1 is 1.25 bits per heavy atom. The molecule has 1 heterocycles. The lowest BCUT2D eigenvalue weighted by Crippen LogP contribution is -2.25. The van der Waals surface area contributed by atoms with Crippen LogP contribution < -0.4 is 5.32 Å². The van der Waals surface area contributed by atoms with Gasteiger partial charge in [-0.15, -0.1) is 0 Å². The van der Waals surface area contributed by atoms with Crippen LogP contribution in [-0.4, -0.2) is 13.1 Å². The number of hydrogen-bond acceptors (Lipinski definition) is 1. The maximum absolute atomic E-state index is 6.10. The summed E-state index contributed by atoms with van der Waals surface area (Å²) in [5.41, 5.74) is 1.96. The van der Waals surface area contributed by atoms with E-state index in [2.05, 4.69) is 23.5 Å². The summed E-state index contributed by atoms with van der Waals surface area (Å²) in [6.07, 6.45) is 5.58. The van der Waals surface area contributed by atoms with E-state index in [4.69, 9.17) is 11.6 Å². The first-order chi connectivity index (χ1) is 7.80. The molecule has 1 aromatic rings. The molecule has 0 amide bonds. The van der Waals surface area contributed by atoms with Crippen molar-refractivity contribution >= 4 is 11.6 Å². The molecule has 0 unspecified atom stereocenters. The fourth-order valence-corrected chi connectivity index (χ4v) is 3.80. The third-order valence-corrected chi connectivity index (χ3v) is 4.65. The number of hydrogen-bond donors (Lipinski definition) is 1. The van der Waals surface area contributed by atoms with Gasteiger partial charge in [0, 0.05) is 24.0 Å². The molecular weight excluding hydrogens is 218 g/mol. The zero-order valence-corrected chi connectivity index (χ0v) is 10.3. The van der Waals surface area contributed by atoms with Gasteiger partial charge in [-0.1, -0.05) is 36.6 Å². The zero-order valence-electron chi connectivity index (χ0n) is 9.51. The highest BCUT2D eigenvalue weighted by Crippen LogP contribution is 2.50. The predicted octanol–water partition coefficient (Wildman–Crippen LogP) is 3.59. The fourth-order valence-electron chi connectivity index (χ4n) is 3.60. The molecule has 2 fully saturated rings. The van der Waals surface area contributed by atoms with E-state index in [0.717, 1.165) is 11.6 Å². The highest BCUT2D eigenvalue weighted by Gasteiger charge is 2.45. The van der Waals surface area contributed by atoms with Crippen LogP contribution in [0.4, 0.5) is 0 Å². The minimum atomic E-state index is 0.532. The number of benzene rings is 1. The summed E-state index contributed by atoms with van der Waals surface area (Å²) >= 11 is 6.10. The molecule has 1 saturated heterocycles. The zero-order chi connectivity index (χ0) is 11.0. The van der Waals surface area contributed by atoms with Gasteiger partial charge in [0.05, 0.1) is 0 Å². The minimum Gasteiger partial charge on any atom is -0.316 e. The third-order valence-electron chi connectivity index (χ3n) is 4.42. The molecule has 86 valence electrons. The lowest BCUT2D eigenvalue weighted by Gasteiger charge is -2.30. The number of halogens is 1. The van der Waals surface area contributed by atoms with Crippen molar-refractivity contribution in [1.29, 1.82) is 0 Å². The van der Waals surface area contributed by atoms with Crippen LogP contribution in [0.25, 0.3) is 0 Å². The first-order valence-corrected chi connectivity index (χ1v) is 6.64. The summed E-state index contributed by atoms with van der Waals surface area (Å²) in [4.78, 5) is 0. The van der Waals surface area contributed by atoms with Crippen LogP contribution in [0.1, 0.15) is 37.2 Å². The van der Waals surface area contributed by atoms with Crippen LogP contribution in [0.5, 0.6) is 0 Å². The molecule has 1 aliphatic carbocycles. The fraction of sp³-hybridized carbons (Fsp3) is 0.571. The molecule has 1 spiro atoms. The van der Waals surface area contributed by atoms with E-state index in [0.29, 0.717) is 11.3 Å². The second-order valence-corrected chi connectivity index (χ2v) is 5.74. The standard InChI is InChI=1S/C14H18ClN/c15-12-5-3-4-11(8-12)13-9-16-10-14(13)6-1-2-7-14/h3-5,8,13,16H,1-2,6-7,9-10H2/t13-/m0/s1. The lowest BCUT2D eigenvalue weighted by molar-refractivity contribution is 0.295. The van der Waals surface area contributed by atoms with Crippen molar-refractivity contribution in [3.63, 3.8) is 0 Å². The predicted molar refractivity (Wildman–Crippen MR) is 68.0 cm³/mol. The molecule has 2 heteroatoms. The summed E-state index contributed by atoms with van der Waals surface area (Å²) in [6.45, 7) is 2.32. The summed E-state index contributed by atoms with van der Waals surface area (Å²) in [7, 11) is 0. The van der Waals surface area contributed by atoms with Crippen LogP contribution >= 0.6 is 11.6 Å². The maximum atomic E-state index is 6.10. The Bertz CT molecular complexity index is 377. The van der Waals surface area contributed by atoms with Crippen molar-refractivity contribution in [1.82, 2.24) is 5.32 Å². The van der Waals surface area contributed by atoms with Gasteiger partial charge in [0.15, 0.2) is 0 Å². The highest BCUT2D eigenvalue weighted by atomic mass is 35.5. The number of rotatable bonds is 1. The normalized spacial score (nSPS) is 27.7. The summed E-state index contributed by atoms with van der Waals surface area (Å²) in [5, 5.41) is 4.45. The van der Waals surface area contributed by atoms with E-state index >= 15 is 0 Å². The molecule has 2 aliphatic rings. The average molecular weight is 236 g/mol. The SMILES string of the molecule is Clc1cccc([C@@H]2CNCC23CCCC3)c1. The summed E-state index contributed by atoms with van der Waals surface area (Å²) in [5.74, 6) is 0.675. The van der Waals surface area contributed by atoms with Crippen molar-refractivity contribution in [2.75, 3.05) is 13.1 Å². The monoisotopic (exact) mass is 235 g/mol. The molecule has 1 saturated carbocycles. The van der Waals surface area contributed by atoms with Crippen LogP contribution in [0.15, 0.2) is 24.3 Å². The van der Waals surface area contributed by atoms with Crippen molar-refractivity contribution in [3.8, 4) is 0 Å². The van der Waals surface area contributed by atoms with Crippen LogP contribution in [-0.2, 0) is 0 Å². The van der Waals surface area contributed by atoms with Crippen molar-refractivity contribution in [2.24, 2.45) is 5.41 Å². The molecule has 0 aromatic heterocycles. The molecule has 3 rings (SSSR count). The van der Waals surface area contributed by atoms with Gasteiger partial charge >= 0.3 is 0 Å². The Morgan fingerprint density at radius 2 is 2.06 bits per heavy atom. The van der Waals surface area contributed by atoms with E-state index < -0.39 is 0 Å². The maximum Gasteiger partial charge on any atom is 0.0408 e. The topological polar surface area (TPSA) is 12.0 Å². The molecule has 1 N–H and O–H groups in total. The minimum absolute atomic E-state index is 0.532. The lowest BCUT2D eigenvalue weighted by atomic mass is 9.73. The van der Waals surface area contributed by atoms with Crippen molar-refractivity contribution in [2.45, 2.75) is 31.6 Å². The molecule has 1 aromatic carbocycles. The van der Waals surface area contributed by atoms with E-state index in [1.807, 2.05) is 6.07 Å². The van der Waals surface area contributed by atoms with Crippen LogP contribution in [0.2, 0.25) is 5.02 Å². The molecular formula is C14H18ClN. The van der Waals surface area contributed by atoms with Gasteiger partial charge in [0.2, 0.25) is 0 Å². The largest absolute Gasteiger partial charge is 0.316 e. The number of nitrogens with one attached hydrogen (secondary N) is 1. The Labute approximate surface area is 102 Å². The van der Waals surface area contributed by atoms with Gasteiger partial charge in [-0.05, 0) is 36.0 Å². The Kier molecular flexibility index (Phi) is 2.68. The summed E-state index contributed by atoms with van der Waals surface area (Å²) < 4.78 is 0. The quantitative estimate of drug-likeness (QED) is 0.785. The van der Waals surface area contributed by atoms with Crippen LogP contribution in [0, 0.1) is 5.41 Å². The molecule has 0 radical (unpaired) electrons. The Balaban J connectivity index is 1.94. The molecule has 16 heavy (non-hydrogen) atoms. The second-order valence-electron chi connectivity index (χ2n) is 5.31. The molecule has 1 aliphatic heterocycles. The average Bonchev–Trinajstić information content (AvgIpc) is 2.90.